The third-order valence-corrected chi connectivity index (χ3v) is 2.52. The van der Waals surface area contributed by atoms with E-state index in [4.69, 9.17) is 10.5 Å². The lowest BCUT2D eigenvalue weighted by molar-refractivity contribution is -0.123. The number of nitrogens with two attached hydrogens (primary N) is 1. The highest BCUT2D eigenvalue weighted by molar-refractivity contribution is 5.96. The van der Waals surface area contributed by atoms with Crippen molar-refractivity contribution >= 4 is 18.1 Å². The summed E-state index contributed by atoms with van der Waals surface area (Å²) in [7, 11) is 0. The van der Waals surface area contributed by atoms with Gasteiger partial charge in [-0.15, -0.1) is 0 Å². The molecule has 4 N–H and O–H groups in total. The maximum absolute atomic E-state index is 11.7. The number of carbonyl (C=O) groups excluding carboxylic acids is 1. The van der Waals surface area contributed by atoms with E-state index in [0.717, 1.165) is 6.42 Å². The van der Waals surface area contributed by atoms with Crippen LogP contribution >= 0.6 is 0 Å². The highest BCUT2D eigenvalue weighted by Gasteiger charge is 2.40. The van der Waals surface area contributed by atoms with Crippen LogP contribution in [0.2, 0.25) is 0 Å². The number of nitrogens with one attached hydrogen (secondary N) is 1. The minimum atomic E-state index is -1.67. The molecule has 0 bridgehead atoms. The van der Waals surface area contributed by atoms with E-state index in [0.29, 0.717) is 6.54 Å². The summed E-state index contributed by atoms with van der Waals surface area (Å²) in [6, 6.07) is -0.885. The number of aliphatic imine (C=N–C) groups is 2. The molecule has 0 aromatic carbocycles. The Balaban J connectivity index is 2.58. The second-order valence-corrected chi connectivity index (χ2v) is 4.20. The van der Waals surface area contributed by atoms with E-state index < -0.39 is 11.8 Å². The summed E-state index contributed by atoms with van der Waals surface area (Å²) in [5, 5.41) is 12.9. The van der Waals surface area contributed by atoms with Gasteiger partial charge in [0, 0.05) is 13.0 Å². The van der Waals surface area contributed by atoms with Crippen LogP contribution in [0.25, 0.3) is 0 Å². The van der Waals surface area contributed by atoms with Gasteiger partial charge in [0.05, 0.1) is 6.04 Å². The first-order chi connectivity index (χ1) is 9.03. The number of rotatable bonds is 7. The number of amides is 1. The molecule has 0 aromatic heterocycles. The van der Waals surface area contributed by atoms with E-state index in [9.17, 15) is 9.90 Å². The summed E-state index contributed by atoms with van der Waals surface area (Å²) in [5.41, 5.74) is 4.06. The van der Waals surface area contributed by atoms with Gasteiger partial charge >= 0.3 is 0 Å². The average molecular weight is 268 g/mol. The number of ether oxygens (including phenoxy) is 1. The zero-order chi connectivity index (χ0) is 14.3. The van der Waals surface area contributed by atoms with Crippen molar-refractivity contribution in [3.05, 3.63) is 12.7 Å². The first-order valence-corrected chi connectivity index (χ1v) is 6.15. The van der Waals surface area contributed by atoms with Crippen molar-refractivity contribution < 1.29 is 14.6 Å². The fraction of sp³-hybridized carbons (Fsp3) is 0.583. The van der Waals surface area contributed by atoms with E-state index in [-0.39, 0.29) is 24.8 Å². The molecule has 0 fully saturated rings. The summed E-state index contributed by atoms with van der Waals surface area (Å²) in [6.07, 6.45) is 3.44. The molecule has 2 atom stereocenters. The van der Waals surface area contributed by atoms with Crippen LogP contribution in [0, 0.1) is 0 Å². The van der Waals surface area contributed by atoms with Crippen LogP contribution in [0.3, 0.4) is 0 Å². The Kier molecular flexibility index (Phi) is 5.65. The Morgan fingerprint density at radius 1 is 1.79 bits per heavy atom. The van der Waals surface area contributed by atoms with Crippen molar-refractivity contribution in [2.45, 2.75) is 31.5 Å². The fourth-order valence-electron chi connectivity index (χ4n) is 1.54. The van der Waals surface area contributed by atoms with Crippen molar-refractivity contribution in [1.82, 2.24) is 5.32 Å². The van der Waals surface area contributed by atoms with Crippen LogP contribution < -0.4 is 11.1 Å². The van der Waals surface area contributed by atoms with Crippen molar-refractivity contribution in [3.63, 3.8) is 0 Å². The Bertz CT molecular complexity index is 394. The van der Waals surface area contributed by atoms with E-state index in [1.165, 1.54) is 12.4 Å². The van der Waals surface area contributed by atoms with Gasteiger partial charge in [-0.25, -0.2) is 9.98 Å². The Labute approximate surface area is 112 Å². The largest absolute Gasteiger partial charge is 0.473 e. The summed E-state index contributed by atoms with van der Waals surface area (Å²) in [5.74, 6) is -0.299. The normalized spacial score (nSPS) is 22.8. The van der Waals surface area contributed by atoms with Gasteiger partial charge in [-0.2, -0.15) is 0 Å². The smallest absolute Gasteiger partial charge is 0.246 e. The lowest BCUT2D eigenvalue weighted by atomic mass is 10.0. The van der Waals surface area contributed by atoms with E-state index >= 15 is 0 Å². The maximum atomic E-state index is 11.7. The van der Waals surface area contributed by atoms with Crippen LogP contribution in [0.15, 0.2) is 22.6 Å². The van der Waals surface area contributed by atoms with Gasteiger partial charge in [0.25, 0.3) is 0 Å². The second kappa shape index (κ2) is 7.01. The molecule has 106 valence electrons. The minimum Gasteiger partial charge on any atom is -0.473 e. The Morgan fingerprint density at radius 3 is 3.16 bits per heavy atom. The third-order valence-electron chi connectivity index (χ3n) is 2.52. The van der Waals surface area contributed by atoms with Crippen LogP contribution in [0.1, 0.15) is 19.8 Å². The van der Waals surface area contributed by atoms with Crippen molar-refractivity contribution in [2.24, 2.45) is 15.7 Å². The first-order valence-electron chi connectivity index (χ1n) is 6.15. The Hall–Kier alpha value is -1.73. The molecule has 19 heavy (non-hydrogen) atoms. The summed E-state index contributed by atoms with van der Waals surface area (Å²) < 4.78 is 5.20. The van der Waals surface area contributed by atoms with E-state index in [1.807, 2.05) is 6.92 Å². The maximum Gasteiger partial charge on any atom is 0.246 e. The fourth-order valence-corrected chi connectivity index (χ4v) is 1.54. The molecule has 1 aliphatic rings. The van der Waals surface area contributed by atoms with Crippen molar-refractivity contribution in [3.8, 4) is 0 Å². The molecule has 1 unspecified atom stereocenters. The van der Waals surface area contributed by atoms with Gasteiger partial charge < -0.3 is 20.9 Å². The summed E-state index contributed by atoms with van der Waals surface area (Å²) in [4.78, 5) is 19.3. The third kappa shape index (κ3) is 4.15. The van der Waals surface area contributed by atoms with Gasteiger partial charge in [0.1, 0.15) is 12.9 Å². The molecule has 0 radical (unpaired) electrons. The molecule has 1 heterocycles. The zero-order valence-corrected chi connectivity index (χ0v) is 11.0. The number of aliphatic hydroxyl groups is 1. The molecule has 1 rings (SSSR count). The number of carbonyl (C=O) groups is 1. The van der Waals surface area contributed by atoms with Gasteiger partial charge in [-0.05, 0) is 6.42 Å². The molecule has 0 spiro atoms. The summed E-state index contributed by atoms with van der Waals surface area (Å²) >= 11 is 0. The molecule has 7 heteroatoms. The van der Waals surface area contributed by atoms with Crippen LogP contribution in [0.4, 0.5) is 0 Å². The standard InChI is InChI=1S/C12H20N4O3/c1-3-5-14-10(17)9(13)7-12(18)11(15-8-16-12)19-6-4-2/h4,8-9,18H,2-3,5-7,13H2,1H3,(H,14,17)/t9-,12?/m0/s1. The van der Waals surface area contributed by atoms with Gasteiger partial charge in [0.2, 0.25) is 17.5 Å². The van der Waals surface area contributed by atoms with Crippen molar-refractivity contribution in [2.75, 3.05) is 13.2 Å². The Morgan fingerprint density at radius 2 is 2.53 bits per heavy atom. The number of nitrogens with zero attached hydrogens (tertiary/aromatic N) is 2. The highest BCUT2D eigenvalue weighted by atomic mass is 16.5. The SMILES string of the molecule is C=CCOC1=NC=NC1(O)C[C@H](N)C(=O)NCCC. The van der Waals surface area contributed by atoms with Crippen LogP contribution in [0.5, 0.6) is 0 Å². The van der Waals surface area contributed by atoms with Gasteiger partial charge in [-0.3, -0.25) is 4.79 Å². The van der Waals surface area contributed by atoms with Crippen LogP contribution in [-0.2, 0) is 9.53 Å². The molecule has 7 nitrogen and oxygen atoms in total. The van der Waals surface area contributed by atoms with Gasteiger partial charge in [0.15, 0.2) is 0 Å². The predicted molar refractivity (Wildman–Crippen MR) is 72.9 cm³/mol. The molecule has 1 aliphatic heterocycles. The molecular weight excluding hydrogens is 248 g/mol. The lowest BCUT2D eigenvalue weighted by Crippen LogP contribution is -2.48. The lowest BCUT2D eigenvalue weighted by Gasteiger charge is -2.24. The van der Waals surface area contributed by atoms with Crippen LogP contribution in [-0.4, -0.2) is 48.2 Å². The first kappa shape index (κ1) is 15.3. The quantitative estimate of drug-likeness (QED) is 0.544. The molecule has 0 aliphatic carbocycles. The van der Waals surface area contributed by atoms with E-state index in [1.54, 1.807) is 0 Å². The second-order valence-electron chi connectivity index (χ2n) is 4.20. The average Bonchev–Trinajstić information content (AvgIpc) is 2.74. The number of hydrogen-bond acceptors (Lipinski definition) is 6. The summed E-state index contributed by atoms with van der Waals surface area (Å²) in [6.45, 7) is 6.18. The zero-order valence-electron chi connectivity index (χ0n) is 11.0. The minimum absolute atomic E-state index is 0.0335. The van der Waals surface area contributed by atoms with Gasteiger partial charge in [-0.1, -0.05) is 19.6 Å². The number of hydrogen-bond donors (Lipinski definition) is 3. The molecular formula is C12H20N4O3. The molecule has 0 aromatic rings. The predicted octanol–water partition coefficient (Wildman–Crippen LogP) is -0.438. The molecule has 0 saturated carbocycles. The topological polar surface area (TPSA) is 109 Å². The monoisotopic (exact) mass is 268 g/mol. The van der Waals surface area contributed by atoms with Crippen molar-refractivity contribution in [1.29, 1.82) is 0 Å². The highest BCUT2D eigenvalue weighted by Crippen LogP contribution is 2.21. The molecule has 0 saturated heterocycles. The van der Waals surface area contributed by atoms with E-state index in [2.05, 4.69) is 21.9 Å². The molecule has 1 amide bonds.